The normalized spacial score (nSPS) is 12.8. The molecular weight excluding hydrogens is 707 g/mol. The van der Waals surface area contributed by atoms with Crippen molar-refractivity contribution >= 4 is 11.9 Å². The molecule has 0 bridgehead atoms. The van der Waals surface area contributed by atoms with Crippen LogP contribution in [0.4, 0.5) is 0 Å². The highest BCUT2D eigenvalue weighted by Crippen LogP contribution is 2.15. The summed E-state index contributed by atoms with van der Waals surface area (Å²) in [6.07, 6.45) is 54.5. The van der Waals surface area contributed by atoms with Gasteiger partial charge in [-0.25, -0.2) is 0 Å². The van der Waals surface area contributed by atoms with Crippen LogP contribution in [0.5, 0.6) is 0 Å². The summed E-state index contributed by atoms with van der Waals surface area (Å²) in [5.41, 5.74) is 0. The Morgan fingerprint density at radius 3 is 1.25 bits per heavy atom. The molecule has 0 radical (unpaired) electrons. The molecule has 0 aliphatic heterocycles. The molecule has 0 spiro atoms. The fourth-order valence-electron chi connectivity index (χ4n) is 7.57. The lowest BCUT2D eigenvalue weighted by Crippen LogP contribution is -2.45. The molecule has 0 aromatic rings. The highest BCUT2D eigenvalue weighted by molar-refractivity contribution is 5.76. The fourth-order valence-corrected chi connectivity index (χ4v) is 7.57. The van der Waals surface area contributed by atoms with E-state index < -0.39 is 12.1 Å². The van der Waals surface area contributed by atoms with E-state index in [-0.39, 0.29) is 18.5 Å². The van der Waals surface area contributed by atoms with E-state index in [1.54, 1.807) is 6.08 Å². The van der Waals surface area contributed by atoms with Gasteiger partial charge in [-0.15, -0.1) is 0 Å². The first kappa shape index (κ1) is 55.3. The van der Waals surface area contributed by atoms with E-state index in [1.807, 2.05) is 6.08 Å². The number of nitrogens with one attached hydrogen (secondary N) is 1. The van der Waals surface area contributed by atoms with Crippen molar-refractivity contribution in [3.05, 3.63) is 24.3 Å². The number of hydrogen-bond acceptors (Lipinski definition) is 5. The standard InChI is InChI=1S/C51H97NO5/c1-3-5-7-9-11-13-15-17-18-19-20-21-25-29-33-37-41-45-51(56)57-46-42-38-34-30-26-22-24-28-32-36-40-44-50(55)52-48(47-53)49(54)43-39-35-31-27-23-16-14-12-10-8-6-4-2/h17-18,39,43,48-49,53-54H,3-16,19-38,40-42,44-47H2,1-2H3,(H,52,55)/b18-17-,43-39+. The number of carbonyl (C=O) groups excluding carboxylic acids is 2. The second-order valence-corrected chi connectivity index (χ2v) is 17.1. The second-order valence-electron chi connectivity index (χ2n) is 17.1. The predicted molar refractivity (Wildman–Crippen MR) is 246 cm³/mol. The van der Waals surface area contributed by atoms with Crippen molar-refractivity contribution in [2.75, 3.05) is 13.2 Å². The quantitative estimate of drug-likeness (QED) is 0.0324. The Morgan fingerprint density at radius 1 is 0.474 bits per heavy atom. The Bertz CT molecular complexity index is 889. The van der Waals surface area contributed by atoms with Crippen molar-refractivity contribution in [3.8, 4) is 0 Å². The maximum atomic E-state index is 12.4. The van der Waals surface area contributed by atoms with E-state index in [0.29, 0.717) is 19.4 Å². The summed E-state index contributed by atoms with van der Waals surface area (Å²) >= 11 is 0. The van der Waals surface area contributed by atoms with Gasteiger partial charge >= 0.3 is 5.97 Å². The minimum absolute atomic E-state index is 0.0193. The molecule has 0 aliphatic rings. The number of rotatable bonds is 46. The number of carbonyl (C=O) groups is 2. The molecular formula is C51H97NO5. The molecule has 6 heteroatoms. The number of allylic oxidation sites excluding steroid dienone is 3. The average molecular weight is 804 g/mol. The first-order chi connectivity index (χ1) is 28.0. The molecule has 1 amide bonds. The van der Waals surface area contributed by atoms with Gasteiger partial charge in [0.2, 0.25) is 5.91 Å². The summed E-state index contributed by atoms with van der Waals surface area (Å²) in [7, 11) is 0. The Hall–Kier alpha value is -1.66. The van der Waals surface area contributed by atoms with Crippen LogP contribution in [0.2, 0.25) is 0 Å². The zero-order chi connectivity index (χ0) is 41.5. The summed E-state index contributed by atoms with van der Waals surface area (Å²) < 4.78 is 5.46. The number of unbranched alkanes of at least 4 members (excludes halogenated alkanes) is 33. The number of ether oxygens (including phenoxy) is 1. The average Bonchev–Trinajstić information content (AvgIpc) is 3.21. The number of aliphatic hydroxyl groups excluding tert-OH is 2. The monoisotopic (exact) mass is 804 g/mol. The first-order valence-corrected chi connectivity index (χ1v) is 25.1. The van der Waals surface area contributed by atoms with Crippen LogP contribution in [0.25, 0.3) is 0 Å². The summed E-state index contributed by atoms with van der Waals surface area (Å²) in [6.45, 7) is 4.84. The van der Waals surface area contributed by atoms with Gasteiger partial charge in [-0.2, -0.15) is 0 Å². The Kier molecular flexibility index (Phi) is 45.7. The lowest BCUT2D eigenvalue weighted by atomic mass is 10.0. The maximum absolute atomic E-state index is 12.4. The third-order valence-electron chi connectivity index (χ3n) is 11.5. The smallest absolute Gasteiger partial charge is 0.305 e. The highest BCUT2D eigenvalue weighted by atomic mass is 16.5. The van der Waals surface area contributed by atoms with E-state index in [0.717, 1.165) is 57.8 Å². The minimum atomic E-state index is -0.855. The summed E-state index contributed by atoms with van der Waals surface area (Å²) in [5.74, 6) is -0.107. The predicted octanol–water partition coefficient (Wildman–Crippen LogP) is 14.7. The second kappa shape index (κ2) is 47.0. The molecule has 2 unspecified atom stereocenters. The number of aliphatic hydroxyl groups is 2. The van der Waals surface area contributed by atoms with E-state index in [9.17, 15) is 19.8 Å². The van der Waals surface area contributed by atoms with Crippen molar-refractivity contribution in [3.63, 3.8) is 0 Å². The van der Waals surface area contributed by atoms with Crippen molar-refractivity contribution < 1.29 is 24.5 Å². The van der Waals surface area contributed by atoms with Crippen LogP contribution in [-0.4, -0.2) is 47.4 Å². The van der Waals surface area contributed by atoms with Gasteiger partial charge in [0.15, 0.2) is 0 Å². The van der Waals surface area contributed by atoms with Gasteiger partial charge in [0, 0.05) is 12.8 Å². The molecule has 0 saturated carbocycles. The fraction of sp³-hybridized carbons (Fsp3) is 0.882. The first-order valence-electron chi connectivity index (χ1n) is 25.1. The number of amides is 1. The largest absolute Gasteiger partial charge is 0.466 e. The third-order valence-corrected chi connectivity index (χ3v) is 11.5. The van der Waals surface area contributed by atoms with E-state index in [1.165, 1.54) is 180 Å². The summed E-state index contributed by atoms with van der Waals surface area (Å²) in [6, 6.07) is -0.640. The van der Waals surface area contributed by atoms with Crippen molar-refractivity contribution in [1.82, 2.24) is 5.32 Å². The Labute approximate surface area is 354 Å². The van der Waals surface area contributed by atoms with Crippen molar-refractivity contribution in [2.24, 2.45) is 0 Å². The lowest BCUT2D eigenvalue weighted by Gasteiger charge is -2.20. The molecule has 6 nitrogen and oxygen atoms in total. The molecule has 0 aromatic carbocycles. The number of hydrogen-bond donors (Lipinski definition) is 3. The Morgan fingerprint density at radius 2 is 0.825 bits per heavy atom. The third kappa shape index (κ3) is 43.7. The van der Waals surface area contributed by atoms with Gasteiger partial charge in [0.1, 0.15) is 0 Å². The SMILES string of the molecule is CCCCCCCC/C=C\CCCCCCCCCC(=O)OCCCCCCCCCCCCCC(=O)NC(CO)C(O)/C=C/CCCCCCCCCCCC. The molecule has 0 fully saturated rings. The van der Waals surface area contributed by atoms with Gasteiger partial charge in [-0.1, -0.05) is 218 Å². The summed E-state index contributed by atoms with van der Waals surface area (Å²) in [4.78, 5) is 24.4. The van der Waals surface area contributed by atoms with Gasteiger partial charge in [0.05, 0.1) is 25.4 Å². The van der Waals surface area contributed by atoms with E-state index >= 15 is 0 Å². The van der Waals surface area contributed by atoms with Crippen LogP contribution in [0.1, 0.15) is 264 Å². The van der Waals surface area contributed by atoms with Gasteiger partial charge in [-0.3, -0.25) is 9.59 Å². The molecule has 0 aliphatic carbocycles. The number of esters is 1. The van der Waals surface area contributed by atoms with Crippen molar-refractivity contribution in [2.45, 2.75) is 276 Å². The Balaban J connectivity index is 3.48. The van der Waals surface area contributed by atoms with E-state index in [2.05, 4.69) is 31.3 Å². The van der Waals surface area contributed by atoms with Crippen LogP contribution in [0.15, 0.2) is 24.3 Å². The zero-order valence-corrected chi connectivity index (χ0v) is 38.1. The van der Waals surface area contributed by atoms with Crippen LogP contribution < -0.4 is 5.32 Å². The highest BCUT2D eigenvalue weighted by Gasteiger charge is 2.18. The van der Waals surface area contributed by atoms with Crippen LogP contribution >= 0.6 is 0 Å². The molecule has 57 heavy (non-hydrogen) atoms. The topological polar surface area (TPSA) is 95.9 Å². The minimum Gasteiger partial charge on any atom is -0.466 e. The van der Waals surface area contributed by atoms with Gasteiger partial charge in [0.25, 0.3) is 0 Å². The van der Waals surface area contributed by atoms with Crippen LogP contribution in [0, 0.1) is 0 Å². The van der Waals surface area contributed by atoms with E-state index in [4.69, 9.17) is 4.74 Å². The van der Waals surface area contributed by atoms with Gasteiger partial charge < -0.3 is 20.3 Å². The lowest BCUT2D eigenvalue weighted by molar-refractivity contribution is -0.143. The zero-order valence-electron chi connectivity index (χ0n) is 38.1. The van der Waals surface area contributed by atoms with Gasteiger partial charge in [-0.05, 0) is 57.8 Å². The molecule has 0 aromatic heterocycles. The van der Waals surface area contributed by atoms with Crippen molar-refractivity contribution in [1.29, 1.82) is 0 Å². The van der Waals surface area contributed by atoms with Crippen LogP contribution in [0.3, 0.4) is 0 Å². The molecule has 2 atom stereocenters. The maximum Gasteiger partial charge on any atom is 0.305 e. The molecule has 336 valence electrons. The molecule has 0 rings (SSSR count). The van der Waals surface area contributed by atoms with Crippen LogP contribution in [-0.2, 0) is 14.3 Å². The molecule has 0 heterocycles. The molecule has 3 N–H and O–H groups in total. The molecule has 0 saturated heterocycles. The summed E-state index contributed by atoms with van der Waals surface area (Å²) in [5, 5.41) is 23.0.